The van der Waals surface area contributed by atoms with E-state index < -0.39 is 6.10 Å². The van der Waals surface area contributed by atoms with Gasteiger partial charge in [-0.25, -0.2) is 0 Å². The smallest absolute Gasteiger partial charge is 0.264 e. The lowest BCUT2D eigenvalue weighted by Gasteiger charge is -2.35. The summed E-state index contributed by atoms with van der Waals surface area (Å²) in [5.41, 5.74) is 1.07. The average Bonchev–Trinajstić information content (AvgIpc) is 3.14. The standard InChI is InChI=1S/C22H28N2O3S/c1-3-6-18-7-4-5-8-20(18)27-16-19(25)15-23-11-13-24(14-12-23)22(26)21-10-9-17(2)28-21/h3-5,7-10,19,25H,1,6,11-16H2,2H3/t19-/m0/s1. The fourth-order valence-electron chi connectivity index (χ4n) is 3.34. The van der Waals surface area contributed by atoms with Crippen molar-refractivity contribution in [2.75, 3.05) is 39.3 Å². The molecule has 0 bridgehead atoms. The minimum atomic E-state index is -0.570. The fourth-order valence-corrected chi connectivity index (χ4v) is 4.18. The number of β-amino-alcohol motifs (C(OH)–C–C–N with tert-alkyl or cyclic N) is 1. The third-order valence-electron chi connectivity index (χ3n) is 4.85. The van der Waals surface area contributed by atoms with E-state index in [1.807, 2.05) is 54.3 Å². The quantitative estimate of drug-likeness (QED) is 0.692. The Morgan fingerprint density at radius 1 is 1.25 bits per heavy atom. The molecule has 1 amide bonds. The second-order valence-electron chi connectivity index (χ2n) is 7.07. The van der Waals surface area contributed by atoms with E-state index in [2.05, 4.69) is 11.5 Å². The van der Waals surface area contributed by atoms with Crippen molar-refractivity contribution in [3.63, 3.8) is 0 Å². The summed E-state index contributed by atoms with van der Waals surface area (Å²) >= 11 is 1.54. The maximum Gasteiger partial charge on any atom is 0.264 e. The molecule has 5 nitrogen and oxygen atoms in total. The molecule has 1 aromatic heterocycles. The summed E-state index contributed by atoms with van der Waals surface area (Å²) < 4.78 is 5.82. The average molecular weight is 401 g/mol. The van der Waals surface area contributed by atoms with Crippen LogP contribution in [0.4, 0.5) is 0 Å². The van der Waals surface area contributed by atoms with Crippen LogP contribution >= 0.6 is 11.3 Å². The van der Waals surface area contributed by atoms with Crippen molar-refractivity contribution in [3.05, 3.63) is 64.4 Å². The first-order valence-corrected chi connectivity index (χ1v) is 10.5. The Hall–Kier alpha value is -2.15. The van der Waals surface area contributed by atoms with E-state index in [-0.39, 0.29) is 12.5 Å². The van der Waals surface area contributed by atoms with Crippen molar-refractivity contribution in [2.24, 2.45) is 0 Å². The van der Waals surface area contributed by atoms with Gasteiger partial charge in [0.15, 0.2) is 0 Å². The van der Waals surface area contributed by atoms with Gasteiger partial charge in [-0.1, -0.05) is 24.3 Å². The maximum absolute atomic E-state index is 12.5. The van der Waals surface area contributed by atoms with Crippen molar-refractivity contribution in [2.45, 2.75) is 19.4 Å². The molecule has 1 saturated heterocycles. The third-order valence-corrected chi connectivity index (χ3v) is 5.84. The number of carbonyl (C=O) groups is 1. The highest BCUT2D eigenvalue weighted by Crippen LogP contribution is 2.20. The molecule has 1 aliphatic rings. The molecule has 1 fully saturated rings. The molecule has 150 valence electrons. The molecule has 0 radical (unpaired) electrons. The van der Waals surface area contributed by atoms with E-state index in [4.69, 9.17) is 4.74 Å². The van der Waals surface area contributed by atoms with Gasteiger partial charge >= 0.3 is 0 Å². The zero-order valence-electron chi connectivity index (χ0n) is 16.3. The molecule has 1 N–H and O–H groups in total. The zero-order chi connectivity index (χ0) is 19.9. The topological polar surface area (TPSA) is 53.0 Å². The van der Waals surface area contributed by atoms with Crippen molar-refractivity contribution in [1.82, 2.24) is 9.80 Å². The van der Waals surface area contributed by atoms with E-state index in [0.717, 1.165) is 40.6 Å². The molecule has 28 heavy (non-hydrogen) atoms. The Kier molecular flexibility index (Phi) is 7.25. The number of benzene rings is 1. The van der Waals surface area contributed by atoms with Crippen LogP contribution in [0.15, 0.2) is 49.1 Å². The van der Waals surface area contributed by atoms with Gasteiger partial charge in [-0.15, -0.1) is 17.9 Å². The van der Waals surface area contributed by atoms with Gasteiger partial charge in [-0.3, -0.25) is 9.69 Å². The number of rotatable bonds is 8. The molecule has 2 heterocycles. The van der Waals surface area contributed by atoms with Gasteiger partial charge < -0.3 is 14.7 Å². The maximum atomic E-state index is 12.5. The molecule has 0 saturated carbocycles. The summed E-state index contributed by atoms with van der Waals surface area (Å²) in [6, 6.07) is 11.7. The number of hydrogen-bond acceptors (Lipinski definition) is 5. The lowest BCUT2D eigenvalue weighted by atomic mass is 10.1. The summed E-state index contributed by atoms with van der Waals surface area (Å²) in [6.07, 6.45) is 2.02. The van der Waals surface area contributed by atoms with Gasteiger partial charge in [0.25, 0.3) is 5.91 Å². The highest BCUT2D eigenvalue weighted by Gasteiger charge is 2.24. The van der Waals surface area contributed by atoms with Gasteiger partial charge in [-0.05, 0) is 37.1 Å². The van der Waals surface area contributed by atoms with Crippen molar-refractivity contribution < 1.29 is 14.6 Å². The monoisotopic (exact) mass is 400 g/mol. The molecule has 6 heteroatoms. The number of allylic oxidation sites excluding steroid dienone is 1. The Labute approximate surface area is 170 Å². The number of carbonyl (C=O) groups excluding carboxylic acids is 1. The summed E-state index contributed by atoms with van der Waals surface area (Å²) in [5, 5.41) is 10.4. The normalized spacial score (nSPS) is 16.0. The molecule has 0 aliphatic carbocycles. The molecule has 1 aromatic carbocycles. The number of aliphatic hydroxyl groups is 1. The molecular weight excluding hydrogens is 372 g/mol. The number of amides is 1. The highest BCUT2D eigenvalue weighted by molar-refractivity contribution is 7.13. The third kappa shape index (κ3) is 5.44. The van der Waals surface area contributed by atoms with E-state index in [1.54, 1.807) is 11.3 Å². The van der Waals surface area contributed by atoms with Crippen LogP contribution in [0, 0.1) is 6.92 Å². The molecule has 0 unspecified atom stereocenters. The SMILES string of the molecule is C=CCc1ccccc1OC[C@@H](O)CN1CCN(C(=O)c2ccc(C)s2)CC1. The predicted octanol–water partition coefficient (Wildman–Crippen LogP) is 2.98. The summed E-state index contributed by atoms with van der Waals surface area (Å²) in [7, 11) is 0. The number of ether oxygens (including phenoxy) is 1. The van der Waals surface area contributed by atoms with Crippen LogP contribution in [0.3, 0.4) is 0 Å². The molecular formula is C22H28N2O3S. The lowest BCUT2D eigenvalue weighted by Crippen LogP contribution is -2.50. The van der Waals surface area contributed by atoms with Crippen LogP contribution in [0.1, 0.15) is 20.1 Å². The molecule has 3 rings (SSSR count). The Morgan fingerprint density at radius 3 is 2.68 bits per heavy atom. The van der Waals surface area contributed by atoms with Crippen molar-refractivity contribution in [1.29, 1.82) is 0 Å². The predicted molar refractivity (Wildman–Crippen MR) is 113 cm³/mol. The summed E-state index contributed by atoms with van der Waals surface area (Å²) in [6.45, 7) is 9.48. The minimum absolute atomic E-state index is 0.112. The van der Waals surface area contributed by atoms with Crippen molar-refractivity contribution >= 4 is 17.2 Å². The van der Waals surface area contributed by atoms with E-state index in [1.165, 1.54) is 0 Å². The molecule has 1 aliphatic heterocycles. The van der Waals surface area contributed by atoms with Crippen LogP contribution < -0.4 is 4.74 Å². The summed E-state index contributed by atoms with van der Waals surface area (Å²) in [5.74, 6) is 0.906. The van der Waals surface area contributed by atoms with Gasteiger partial charge in [0.2, 0.25) is 0 Å². The first kappa shape index (κ1) is 20.6. The second kappa shape index (κ2) is 9.87. The van der Waals surface area contributed by atoms with Gasteiger partial charge in [0.1, 0.15) is 18.5 Å². The largest absolute Gasteiger partial charge is 0.491 e. The number of piperazine rings is 1. The number of nitrogens with zero attached hydrogens (tertiary/aromatic N) is 2. The van der Waals surface area contributed by atoms with Gasteiger partial charge in [0, 0.05) is 37.6 Å². The first-order chi connectivity index (χ1) is 13.6. The number of thiophene rings is 1. The van der Waals surface area contributed by atoms with Gasteiger partial charge in [-0.2, -0.15) is 0 Å². The summed E-state index contributed by atoms with van der Waals surface area (Å²) in [4.78, 5) is 18.6. The fraction of sp³-hybridized carbons (Fsp3) is 0.409. The van der Waals surface area contributed by atoms with E-state index in [0.29, 0.717) is 19.6 Å². The highest BCUT2D eigenvalue weighted by atomic mass is 32.1. The lowest BCUT2D eigenvalue weighted by molar-refractivity contribution is 0.0404. The first-order valence-electron chi connectivity index (χ1n) is 9.64. The Bertz CT molecular complexity index is 797. The molecule has 0 spiro atoms. The van der Waals surface area contributed by atoms with Crippen LogP contribution in [-0.4, -0.2) is 66.2 Å². The van der Waals surface area contributed by atoms with E-state index in [9.17, 15) is 9.90 Å². The van der Waals surface area contributed by atoms with Crippen LogP contribution in [0.2, 0.25) is 0 Å². The van der Waals surface area contributed by atoms with E-state index >= 15 is 0 Å². The number of para-hydroxylation sites is 1. The number of aryl methyl sites for hydroxylation is 1. The number of aliphatic hydroxyl groups excluding tert-OH is 1. The minimum Gasteiger partial charge on any atom is -0.491 e. The molecule has 1 atom stereocenters. The Morgan fingerprint density at radius 2 is 2.00 bits per heavy atom. The van der Waals surface area contributed by atoms with Crippen molar-refractivity contribution in [3.8, 4) is 5.75 Å². The van der Waals surface area contributed by atoms with Crippen LogP contribution in [0.5, 0.6) is 5.75 Å². The van der Waals surface area contributed by atoms with Crippen LogP contribution in [-0.2, 0) is 6.42 Å². The van der Waals surface area contributed by atoms with Gasteiger partial charge in [0.05, 0.1) is 4.88 Å². The second-order valence-corrected chi connectivity index (χ2v) is 8.36. The molecule has 2 aromatic rings. The number of hydrogen-bond donors (Lipinski definition) is 1. The Balaban J connectivity index is 1.43. The zero-order valence-corrected chi connectivity index (χ0v) is 17.2. The van der Waals surface area contributed by atoms with Crippen LogP contribution in [0.25, 0.3) is 0 Å².